The van der Waals surface area contributed by atoms with Crippen molar-refractivity contribution in [2.45, 2.75) is 26.3 Å². The van der Waals surface area contributed by atoms with Crippen LogP contribution in [-0.4, -0.2) is 34.7 Å². The largest absolute Gasteiger partial charge is 0.298 e. The minimum Gasteiger partial charge on any atom is -0.298 e. The predicted molar refractivity (Wildman–Crippen MR) is 119 cm³/mol. The molecule has 5 nitrogen and oxygen atoms in total. The minimum atomic E-state index is -0.242. The number of nitrogens with one attached hydrogen (secondary N) is 1. The number of anilines is 1. The number of amides is 1. The second-order valence-electron chi connectivity index (χ2n) is 8.22. The zero-order valence-corrected chi connectivity index (χ0v) is 17.7. The maximum Gasteiger partial charge on any atom is 0.257 e. The van der Waals surface area contributed by atoms with Crippen LogP contribution in [0.3, 0.4) is 0 Å². The molecule has 1 fully saturated rings. The number of carbonyl (C=O) groups excluding carboxylic acids is 2. The third-order valence-corrected chi connectivity index (χ3v) is 6.69. The van der Waals surface area contributed by atoms with Crippen molar-refractivity contribution in [3.8, 4) is 11.1 Å². The molecule has 1 N–H and O–H groups in total. The highest BCUT2D eigenvalue weighted by molar-refractivity contribution is 7.14. The van der Waals surface area contributed by atoms with Crippen molar-refractivity contribution in [2.24, 2.45) is 5.92 Å². The van der Waals surface area contributed by atoms with E-state index in [9.17, 15) is 9.59 Å². The fourth-order valence-electron chi connectivity index (χ4n) is 4.43. The van der Waals surface area contributed by atoms with Gasteiger partial charge in [0.2, 0.25) is 0 Å². The molecule has 0 bridgehead atoms. The minimum absolute atomic E-state index is 0.0254. The Balaban J connectivity index is 1.29. The molecule has 1 aromatic heterocycles. The molecular formula is C24H23N3O2S. The van der Waals surface area contributed by atoms with E-state index < -0.39 is 0 Å². The van der Waals surface area contributed by atoms with Crippen LogP contribution in [0.1, 0.15) is 51.7 Å². The number of thiazole rings is 1. The summed E-state index contributed by atoms with van der Waals surface area (Å²) in [5.41, 5.74) is 4.56. The lowest BCUT2D eigenvalue weighted by Gasteiger charge is -2.30. The number of carbonyl (C=O) groups is 2. The van der Waals surface area contributed by atoms with Gasteiger partial charge in [0.25, 0.3) is 5.91 Å². The molecule has 1 aliphatic carbocycles. The Hall–Kier alpha value is -2.83. The van der Waals surface area contributed by atoms with E-state index in [4.69, 9.17) is 0 Å². The third kappa shape index (κ3) is 3.57. The molecule has 1 aliphatic heterocycles. The summed E-state index contributed by atoms with van der Waals surface area (Å²) < 4.78 is 0. The van der Waals surface area contributed by atoms with Gasteiger partial charge in [-0.3, -0.25) is 19.8 Å². The molecular weight excluding hydrogens is 394 g/mol. The maximum atomic E-state index is 12.8. The van der Waals surface area contributed by atoms with Gasteiger partial charge in [-0.05, 0) is 48.6 Å². The van der Waals surface area contributed by atoms with Gasteiger partial charge in [-0.1, -0.05) is 37.3 Å². The van der Waals surface area contributed by atoms with Gasteiger partial charge in [-0.2, -0.15) is 0 Å². The Bertz CT molecular complexity index is 1140. The van der Waals surface area contributed by atoms with Gasteiger partial charge >= 0.3 is 0 Å². The lowest BCUT2D eigenvalue weighted by Crippen LogP contribution is -2.33. The molecule has 1 atom stereocenters. The summed E-state index contributed by atoms with van der Waals surface area (Å²) in [6.45, 7) is 5.32. The number of rotatable bonds is 4. The zero-order chi connectivity index (χ0) is 20.7. The van der Waals surface area contributed by atoms with Crippen LogP contribution in [-0.2, 0) is 6.54 Å². The van der Waals surface area contributed by atoms with Crippen LogP contribution >= 0.6 is 11.3 Å². The molecule has 0 radical (unpaired) electrons. The highest BCUT2D eigenvalue weighted by Gasteiger charge is 2.27. The molecule has 2 heterocycles. The summed E-state index contributed by atoms with van der Waals surface area (Å²) in [6.07, 6.45) is 2.53. The van der Waals surface area contributed by atoms with Crippen molar-refractivity contribution in [3.63, 3.8) is 0 Å². The molecule has 1 unspecified atom stereocenters. The van der Waals surface area contributed by atoms with Gasteiger partial charge in [0.15, 0.2) is 10.9 Å². The SMILES string of the molecule is CC1CCCN(Cc2csc(NC(=O)c3ccc4c(c3)C(=O)c3ccccc3-4)n2)C1. The van der Waals surface area contributed by atoms with Crippen molar-refractivity contribution >= 4 is 28.2 Å². The molecule has 152 valence electrons. The average molecular weight is 418 g/mol. The standard InChI is InChI=1S/C24H23N3O2S/c1-15-5-4-10-27(12-15)13-17-14-30-24(25-17)26-23(29)16-8-9-19-18-6-2-3-7-20(18)22(28)21(19)11-16/h2-3,6-9,11,14-15H,4-5,10,12-13H2,1H3,(H,25,26,29). The van der Waals surface area contributed by atoms with Crippen LogP contribution in [0.15, 0.2) is 47.8 Å². The third-order valence-electron chi connectivity index (χ3n) is 5.89. The van der Waals surface area contributed by atoms with E-state index in [1.807, 2.05) is 35.7 Å². The highest BCUT2D eigenvalue weighted by Crippen LogP contribution is 2.36. The molecule has 1 amide bonds. The van der Waals surface area contributed by atoms with E-state index in [-0.39, 0.29) is 11.7 Å². The molecule has 5 rings (SSSR count). The Morgan fingerprint density at radius 2 is 1.97 bits per heavy atom. The molecule has 1 saturated heterocycles. The quantitative estimate of drug-likeness (QED) is 0.516. The number of nitrogens with zero attached hydrogens (tertiary/aromatic N) is 2. The maximum absolute atomic E-state index is 12.8. The van der Waals surface area contributed by atoms with Gasteiger partial charge in [0.1, 0.15) is 0 Å². The van der Waals surface area contributed by atoms with Crippen LogP contribution in [0.25, 0.3) is 11.1 Å². The van der Waals surface area contributed by atoms with E-state index in [1.165, 1.54) is 24.2 Å². The van der Waals surface area contributed by atoms with Gasteiger partial charge in [-0.25, -0.2) is 4.98 Å². The molecule has 30 heavy (non-hydrogen) atoms. The fraction of sp³-hybridized carbons (Fsp3) is 0.292. The monoisotopic (exact) mass is 417 g/mol. The van der Waals surface area contributed by atoms with E-state index in [0.717, 1.165) is 42.4 Å². The molecule has 3 aromatic rings. The van der Waals surface area contributed by atoms with Gasteiger partial charge in [0, 0.05) is 35.2 Å². The first kappa shape index (κ1) is 19.2. The van der Waals surface area contributed by atoms with Gasteiger partial charge in [-0.15, -0.1) is 11.3 Å². The molecule has 2 aliphatic rings. The first-order chi connectivity index (χ1) is 14.6. The summed E-state index contributed by atoms with van der Waals surface area (Å²) in [5, 5.41) is 5.49. The number of benzene rings is 2. The first-order valence-corrected chi connectivity index (χ1v) is 11.2. The van der Waals surface area contributed by atoms with E-state index in [0.29, 0.717) is 21.8 Å². The summed E-state index contributed by atoms with van der Waals surface area (Å²) in [6, 6.07) is 12.9. The molecule has 0 saturated carbocycles. The summed E-state index contributed by atoms with van der Waals surface area (Å²) in [7, 11) is 0. The Morgan fingerprint density at radius 3 is 2.80 bits per heavy atom. The van der Waals surface area contributed by atoms with Crippen molar-refractivity contribution in [1.82, 2.24) is 9.88 Å². The van der Waals surface area contributed by atoms with Gasteiger partial charge < -0.3 is 0 Å². The number of hydrogen-bond donors (Lipinski definition) is 1. The summed E-state index contributed by atoms with van der Waals surface area (Å²) in [5.74, 6) is 0.460. The van der Waals surface area contributed by atoms with Crippen LogP contribution in [0.4, 0.5) is 5.13 Å². The van der Waals surface area contributed by atoms with E-state index in [2.05, 4.69) is 22.1 Å². The molecule has 0 spiro atoms. The highest BCUT2D eigenvalue weighted by atomic mass is 32.1. The smallest absolute Gasteiger partial charge is 0.257 e. The number of piperidine rings is 1. The topological polar surface area (TPSA) is 62.3 Å². The Labute approximate surface area is 179 Å². The predicted octanol–water partition coefficient (Wildman–Crippen LogP) is 4.84. The second-order valence-corrected chi connectivity index (χ2v) is 9.07. The van der Waals surface area contributed by atoms with E-state index in [1.54, 1.807) is 12.1 Å². The Morgan fingerprint density at radius 1 is 1.17 bits per heavy atom. The normalized spacial score (nSPS) is 18.2. The van der Waals surface area contributed by atoms with Crippen molar-refractivity contribution in [2.75, 3.05) is 18.4 Å². The number of hydrogen-bond acceptors (Lipinski definition) is 5. The van der Waals surface area contributed by atoms with Crippen LogP contribution in [0.2, 0.25) is 0 Å². The van der Waals surface area contributed by atoms with Crippen molar-refractivity contribution < 1.29 is 9.59 Å². The van der Waals surface area contributed by atoms with Crippen LogP contribution in [0.5, 0.6) is 0 Å². The number of ketones is 1. The second kappa shape index (κ2) is 7.78. The Kier molecular flexibility index (Phi) is 4.97. The fourth-order valence-corrected chi connectivity index (χ4v) is 5.13. The number of fused-ring (bicyclic) bond motifs is 3. The van der Waals surface area contributed by atoms with Crippen LogP contribution in [0, 0.1) is 5.92 Å². The van der Waals surface area contributed by atoms with Crippen LogP contribution < -0.4 is 5.32 Å². The zero-order valence-electron chi connectivity index (χ0n) is 16.9. The van der Waals surface area contributed by atoms with Crippen molar-refractivity contribution in [1.29, 1.82) is 0 Å². The molecule has 6 heteroatoms. The lowest BCUT2D eigenvalue weighted by molar-refractivity contribution is 0.102. The summed E-state index contributed by atoms with van der Waals surface area (Å²) >= 11 is 1.44. The first-order valence-electron chi connectivity index (χ1n) is 10.3. The van der Waals surface area contributed by atoms with E-state index >= 15 is 0 Å². The lowest BCUT2D eigenvalue weighted by atomic mass is 10.0. The number of aromatic nitrogens is 1. The number of likely N-dealkylation sites (tertiary alicyclic amines) is 1. The summed E-state index contributed by atoms with van der Waals surface area (Å²) in [4.78, 5) is 32.5. The average Bonchev–Trinajstić information content (AvgIpc) is 3.30. The molecule has 2 aromatic carbocycles. The van der Waals surface area contributed by atoms with Crippen molar-refractivity contribution in [3.05, 3.63) is 70.2 Å². The van der Waals surface area contributed by atoms with Gasteiger partial charge in [0.05, 0.1) is 5.69 Å².